The number of benzene rings is 1. The Labute approximate surface area is 108 Å². The summed E-state index contributed by atoms with van der Waals surface area (Å²) in [7, 11) is 0. The van der Waals surface area contributed by atoms with Gasteiger partial charge < -0.3 is 11.5 Å². The van der Waals surface area contributed by atoms with Gasteiger partial charge in [0.2, 0.25) is 0 Å². The SMILES string of the molecule is Cc1ccccc1CC(F)(CN)CN.Cl.Cl. The van der Waals surface area contributed by atoms with E-state index >= 15 is 0 Å². The maximum absolute atomic E-state index is 13.9. The second kappa shape index (κ2) is 7.85. The fourth-order valence-electron chi connectivity index (χ4n) is 1.38. The lowest BCUT2D eigenvalue weighted by molar-refractivity contribution is 0.183. The zero-order valence-electron chi connectivity index (χ0n) is 9.28. The van der Waals surface area contributed by atoms with Gasteiger partial charge in [0, 0.05) is 19.5 Å². The largest absolute Gasteiger partial charge is 0.327 e. The third kappa shape index (κ3) is 4.66. The van der Waals surface area contributed by atoms with Crippen molar-refractivity contribution in [1.29, 1.82) is 0 Å². The molecule has 0 aliphatic carbocycles. The van der Waals surface area contributed by atoms with Crippen molar-refractivity contribution in [3.63, 3.8) is 0 Å². The molecule has 0 amide bonds. The van der Waals surface area contributed by atoms with E-state index in [4.69, 9.17) is 11.5 Å². The average molecular weight is 269 g/mol. The van der Waals surface area contributed by atoms with E-state index in [1.165, 1.54) is 0 Å². The van der Waals surface area contributed by atoms with E-state index < -0.39 is 5.67 Å². The maximum Gasteiger partial charge on any atom is 0.139 e. The van der Waals surface area contributed by atoms with Crippen LogP contribution in [-0.4, -0.2) is 18.8 Å². The molecule has 0 aliphatic heterocycles. The van der Waals surface area contributed by atoms with Gasteiger partial charge in [0.15, 0.2) is 0 Å². The summed E-state index contributed by atoms with van der Waals surface area (Å²) >= 11 is 0. The smallest absolute Gasteiger partial charge is 0.139 e. The first-order chi connectivity index (χ1) is 6.61. The first kappa shape index (κ1) is 18.0. The number of rotatable bonds is 4. The third-order valence-electron chi connectivity index (χ3n) is 2.50. The van der Waals surface area contributed by atoms with Gasteiger partial charge in [-0.1, -0.05) is 24.3 Å². The summed E-state index contributed by atoms with van der Waals surface area (Å²) in [6, 6.07) is 7.71. The van der Waals surface area contributed by atoms with Crippen molar-refractivity contribution in [3.8, 4) is 0 Å². The molecule has 1 aromatic rings. The molecule has 94 valence electrons. The van der Waals surface area contributed by atoms with Gasteiger partial charge in [0.1, 0.15) is 5.67 Å². The van der Waals surface area contributed by atoms with Crippen molar-refractivity contribution in [2.24, 2.45) is 11.5 Å². The van der Waals surface area contributed by atoms with Crippen LogP contribution in [0, 0.1) is 6.92 Å². The Hall–Kier alpha value is -0.350. The first-order valence-corrected chi connectivity index (χ1v) is 4.75. The molecule has 0 saturated heterocycles. The highest BCUT2D eigenvalue weighted by molar-refractivity contribution is 5.85. The summed E-state index contributed by atoms with van der Waals surface area (Å²) < 4.78 is 13.9. The molecule has 4 N–H and O–H groups in total. The lowest BCUT2D eigenvalue weighted by Gasteiger charge is -2.22. The Morgan fingerprint density at radius 2 is 1.62 bits per heavy atom. The van der Waals surface area contributed by atoms with Crippen molar-refractivity contribution in [2.45, 2.75) is 19.0 Å². The number of hydrogen-bond acceptors (Lipinski definition) is 2. The van der Waals surface area contributed by atoms with E-state index in [0.29, 0.717) is 6.42 Å². The lowest BCUT2D eigenvalue weighted by atomic mass is 9.94. The molecule has 0 saturated carbocycles. The van der Waals surface area contributed by atoms with Gasteiger partial charge >= 0.3 is 0 Å². The highest BCUT2D eigenvalue weighted by Gasteiger charge is 2.26. The van der Waals surface area contributed by atoms with E-state index in [2.05, 4.69) is 0 Å². The second-order valence-corrected chi connectivity index (χ2v) is 3.66. The first-order valence-electron chi connectivity index (χ1n) is 4.75. The van der Waals surface area contributed by atoms with Crippen LogP contribution in [0.1, 0.15) is 11.1 Å². The number of alkyl halides is 1. The summed E-state index contributed by atoms with van der Waals surface area (Å²) in [6.07, 6.45) is 0.298. The Morgan fingerprint density at radius 1 is 1.12 bits per heavy atom. The molecule has 0 unspecified atom stereocenters. The Bertz CT molecular complexity index is 304. The molecule has 0 bridgehead atoms. The van der Waals surface area contributed by atoms with E-state index in [1.807, 2.05) is 31.2 Å². The normalized spacial score (nSPS) is 10.2. The molecule has 0 radical (unpaired) electrons. The molecule has 1 rings (SSSR count). The molecule has 0 fully saturated rings. The van der Waals surface area contributed by atoms with Gasteiger partial charge in [0.25, 0.3) is 0 Å². The maximum atomic E-state index is 13.9. The van der Waals surface area contributed by atoms with Crippen molar-refractivity contribution in [2.75, 3.05) is 13.1 Å². The van der Waals surface area contributed by atoms with Gasteiger partial charge in [-0.3, -0.25) is 0 Å². The molecular formula is C11H19Cl2FN2. The third-order valence-corrected chi connectivity index (χ3v) is 2.50. The molecule has 0 spiro atoms. The van der Waals surface area contributed by atoms with Crippen LogP contribution < -0.4 is 11.5 Å². The van der Waals surface area contributed by atoms with Gasteiger partial charge in [-0.2, -0.15) is 0 Å². The van der Waals surface area contributed by atoms with Gasteiger partial charge in [-0.15, -0.1) is 24.8 Å². The molecule has 5 heteroatoms. The highest BCUT2D eigenvalue weighted by Crippen LogP contribution is 2.18. The van der Waals surface area contributed by atoms with Gasteiger partial charge in [0.05, 0.1) is 0 Å². The molecule has 0 aliphatic rings. The minimum Gasteiger partial charge on any atom is -0.327 e. The van der Waals surface area contributed by atoms with Crippen molar-refractivity contribution >= 4 is 24.8 Å². The van der Waals surface area contributed by atoms with E-state index in [0.717, 1.165) is 11.1 Å². The summed E-state index contributed by atoms with van der Waals surface area (Å²) in [6.45, 7) is 1.90. The second-order valence-electron chi connectivity index (χ2n) is 3.66. The van der Waals surface area contributed by atoms with Crippen molar-refractivity contribution in [3.05, 3.63) is 35.4 Å². The van der Waals surface area contributed by atoms with Crippen LogP contribution in [0.3, 0.4) is 0 Å². The number of nitrogens with two attached hydrogens (primary N) is 2. The van der Waals surface area contributed by atoms with Crippen LogP contribution in [0.5, 0.6) is 0 Å². The zero-order valence-corrected chi connectivity index (χ0v) is 10.9. The summed E-state index contributed by atoms with van der Waals surface area (Å²) in [5, 5.41) is 0. The van der Waals surface area contributed by atoms with E-state index in [9.17, 15) is 4.39 Å². The minimum atomic E-state index is -1.47. The fraction of sp³-hybridized carbons (Fsp3) is 0.455. The van der Waals surface area contributed by atoms with Crippen molar-refractivity contribution < 1.29 is 4.39 Å². The lowest BCUT2D eigenvalue weighted by Crippen LogP contribution is -2.42. The Kier molecular flexibility index (Phi) is 8.84. The topological polar surface area (TPSA) is 52.0 Å². The van der Waals surface area contributed by atoms with Crippen LogP contribution in [0.2, 0.25) is 0 Å². The van der Waals surface area contributed by atoms with E-state index in [1.54, 1.807) is 0 Å². The summed E-state index contributed by atoms with van der Waals surface area (Å²) in [5.74, 6) is 0. The summed E-state index contributed by atoms with van der Waals surface area (Å²) in [4.78, 5) is 0. The molecule has 0 atom stereocenters. The average Bonchev–Trinajstić information content (AvgIpc) is 2.21. The van der Waals surface area contributed by atoms with Crippen LogP contribution in [0.15, 0.2) is 24.3 Å². The Morgan fingerprint density at radius 3 is 2.06 bits per heavy atom. The molecule has 1 aromatic carbocycles. The molecular weight excluding hydrogens is 250 g/mol. The van der Waals surface area contributed by atoms with Crippen LogP contribution >= 0.6 is 24.8 Å². The van der Waals surface area contributed by atoms with E-state index in [-0.39, 0.29) is 37.9 Å². The van der Waals surface area contributed by atoms with Gasteiger partial charge in [-0.05, 0) is 18.1 Å². The number of halogens is 3. The number of hydrogen-bond donors (Lipinski definition) is 2. The fourth-order valence-corrected chi connectivity index (χ4v) is 1.38. The minimum absolute atomic E-state index is 0. The molecule has 0 aromatic heterocycles. The highest BCUT2D eigenvalue weighted by atomic mass is 35.5. The quantitative estimate of drug-likeness (QED) is 0.878. The molecule has 2 nitrogen and oxygen atoms in total. The molecule has 16 heavy (non-hydrogen) atoms. The Balaban J connectivity index is 0. The van der Waals surface area contributed by atoms with Gasteiger partial charge in [-0.25, -0.2) is 4.39 Å². The van der Waals surface area contributed by atoms with Crippen LogP contribution in [0.4, 0.5) is 4.39 Å². The molecule has 0 heterocycles. The van der Waals surface area contributed by atoms with Crippen molar-refractivity contribution in [1.82, 2.24) is 0 Å². The number of aryl methyl sites for hydroxylation is 1. The predicted octanol–water partition coefficient (Wildman–Crippen LogP) is 2.01. The monoisotopic (exact) mass is 268 g/mol. The zero-order chi connectivity index (χ0) is 10.6. The standard InChI is InChI=1S/C11H17FN2.2ClH/c1-9-4-2-3-5-10(9)6-11(12,7-13)8-14;;/h2-5H,6-8,13-14H2,1H3;2*1H. The summed E-state index contributed by atoms with van der Waals surface area (Å²) in [5.41, 5.74) is 11.3. The van der Waals surface area contributed by atoms with Crippen LogP contribution in [-0.2, 0) is 6.42 Å². The van der Waals surface area contributed by atoms with Crippen LogP contribution in [0.25, 0.3) is 0 Å². The predicted molar refractivity (Wildman–Crippen MR) is 71.3 cm³/mol.